The molecule has 0 aliphatic carbocycles. The maximum atomic E-state index is 11.2. The first-order chi connectivity index (χ1) is 18.9. The zero-order valence-corrected chi connectivity index (χ0v) is 22.5. The normalized spacial score (nSPS) is 12.6. The highest BCUT2D eigenvalue weighted by molar-refractivity contribution is 8.00. The van der Waals surface area contributed by atoms with Crippen molar-refractivity contribution in [1.82, 2.24) is 0 Å². The maximum absolute atomic E-state index is 11.2. The number of ether oxygens (including phenoxy) is 2. The molecule has 8 heteroatoms. The van der Waals surface area contributed by atoms with Crippen molar-refractivity contribution < 1.29 is 34.4 Å². The average Bonchev–Trinajstić information content (AvgIpc) is 2.93. The Morgan fingerprint density at radius 3 is 2.26 bits per heavy atom. The van der Waals surface area contributed by atoms with Gasteiger partial charge >= 0.3 is 11.9 Å². The van der Waals surface area contributed by atoms with E-state index in [-0.39, 0.29) is 17.2 Å². The highest BCUT2D eigenvalue weighted by Crippen LogP contribution is 2.29. The molecule has 39 heavy (non-hydrogen) atoms. The zero-order chi connectivity index (χ0) is 27.9. The van der Waals surface area contributed by atoms with Gasteiger partial charge in [-0.25, -0.2) is 4.79 Å². The summed E-state index contributed by atoms with van der Waals surface area (Å²) in [5.74, 6) is -0.272. The first kappa shape index (κ1) is 29.8. The maximum Gasteiger partial charge on any atom is 0.335 e. The smallest absolute Gasteiger partial charge is 0.335 e. The molecule has 0 unspecified atom stereocenters. The van der Waals surface area contributed by atoms with Gasteiger partial charge in [0.05, 0.1) is 30.1 Å². The van der Waals surface area contributed by atoms with Gasteiger partial charge in [-0.05, 0) is 67.3 Å². The number of allylic oxidation sites excluding steroid dienone is 1. The van der Waals surface area contributed by atoms with Crippen molar-refractivity contribution in [2.24, 2.45) is 0 Å². The lowest BCUT2D eigenvalue weighted by Crippen LogP contribution is -2.21. The van der Waals surface area contributed by atoms with Crippen molar-refractivity contribution >= 4 is 23.7 Å². The average molecular weight is 551 g/mol. The quantitative estimate of drug-likeness (QED) is 0.105. The number of aliphatic hydroxyl groups excluding tert-OH is 1. The second kappa shape index (κ2) is 16.3. The monoisotopic (exact) mass is 550 g/mol. The van der Waals surface area contributed by atoms with Crippen LogP contribution in [0.15, 0.2) is 95.9 Å². The third-order valence-corrected chi connectivity index (χ3v) is 7.13. The minimum Gasteiger partial charge on any atom is -0.493 e. The van der Waals surface area contributed by atoms with E-state index in [4.69, 9.17) is 19.7 Å². The molecule has 3 rings (SSSR count). The highest BCUT2D eigenvalue weighted by atomic mass is 32.2. The predicted molar refractivity (Wildman–Crippen MR) is 152 cm³/mol. The number of aliphatic carboxylic acids is 1. The van der Waals surface area contributed by atoms with Gasteiger partial charge in [-0.1, -0.05) is 48.6 Å². The summed E-state index contributed by atoms with van der Waals surface area (Å²) in [5, 5.41) is 28.6. The van der Waals surface area contributed by atoms with Crippen LogP contribution in [0.1, 0.15) is 41.6 Å². The third-order valence-electron chi connectivity index (χ3n) is 5.84. The summed E-state index contributed by atoms with van der Waals surface area (Å²) in [6.45, 7) is 1.07. The third kappa shape index (κ3) is 10.9. The van der Waals surface area contributed by atoms with Crippen molar-refractivity contribution in [3.05, 3.63) is 102 Å². The molecular formula is C31H34O7S. The minimum atomic E-state index is -0.999. The van der Waals surface area contributed by atoms with Crippen LogP contribution in [0.25, 0.3) is 0 Å². The molecule has 3 aromatic carbocycles. The number of carboxylic acids is 2. The topological polar surface area (TPSA) is 113 Å². The Bertz CT molecular complexity index is 1200. The summed E-state index contributed by atoms with van der Waals surface area (Å²) in [6.07, 6.45) is 5.16. The van der Waals surface area contributed by atoms with Crippen molar-refractivity contribution in [3.63, 3.8) is 0 Å². The fourth-order valence-electron chi connectivity index (χ4n) is 3.80. The number of hydrogen-bond acceptors (Lipinski definition) is 6. The van der Waals surface area contributed by atoms with Crippen LogP contribution < -0.4 is 9.47 Å². The van der Waals surface area contributed by atoms with Gasteiger partial charge in [0, 0.05) is 17.7 Å². The van der Waals surface area contributed by atoms with E-state index in [1.54, 1.807) is 12.1 Å². The molecule has 3 N–H and O–H groups in total. The molecule has 0 heterocycles. The zero-order valence-electron chi connectivity index (χ0n) is 21.6. The molecule has 7 nitrogen and oxygen atoms in total. The molecule has 0 saturated heterocycles. The SMILES string of the molecule is O=C(O)CCC[C@H](O)[C@@H](/C=C\Cc1ccccc1OCCCOc1ccccc1)Sc1ccc(C(=O)O)cc1. The van der Waals surface area contributed by atoms with E-state index >= 15 is 0 Å². The summed E-state index contributed by atoms with van der Waals surface area (Å²) in [6, 6.07) is 23.9. The van der Waals surface area contributed by atoms with Gasteiger partial charge in [0.15, 0.2) is 0 Å². The number of benzene rings is 3. The summed E-state index contributed by atoms with van der Waals surface area (Å²) in [4.78, 5) is 22.9. The molecule has 0 aromatic heterocycles. The number of aliphatic hydroxyl groups is 1. The Morgan fingerprint density at radius 1 is 0.846 bits per heavy atom. The number of carbonyl (C=O) groups is 2. The Hall–Kier alpha value is -3.75. The highest BCUT2D eigenvalue weighted by Gasteiger charge is 2.19. The summed E-state index contributed by atoms with van der Waals surface area (Å²) in [7, 11) is 0. The summed E-state index contributed by atoms with van der Waals surface area (Å²) < 4.78 is 11.7. The lowest BCUT2D eigenvalue weighted by molar-refractivity contribution is -0.137. The molecule has 2 atom stereocenters. The molecule has 0 aliphatic heterocycles. The van der Waals surface area contributed by atoms with E-state index in [2.05, 4.69) is 0 Å². The van der Waals surface area contributed by atoms with E-state index in [0.29, 0.717) is 32.5 Å². The van der Waals surface area contributed by atoms with Crippen LogP contribution in [-0.2, 0) is 11.2 Å². The van der Waals surface area contributed by atoms with Gasteiger partial charge in [-0.3, -0.25) is 4.79 Å². The number of rotatable bonds is 17. The molecule has 0 spiro atoms. The largest absolute Gasteiger partial charge is 0.493 e. The predicted octanol–water partition coefficient (Wildman–Crippen LogP) is 6.11. The molecule has 0 amide bonds. The Balaban J connectivity index is 1.58. The van der Waals surface area contributed by atoms with Crippen LogP contribution in [0.2, 0.25) is 0 Å². The minimum absolute atomic E-state index is 0.00737. The van der Waals surface area contributed by atoms with E-state index in [1.165, 1.54) is 23.9 Å². The molecule has 0 radical (unpaired) electrons. The van der Waals surface area contributed by atoms with E-state index in [1.807, 2.05) is 66.7 Å². The molecule has 0 bridgehead atoms. The summed E-state index contributed by atoms with van der Waals surface area (Å²) >= 11 is 1.41. The second-order valence-corrected chi connectivity index (χ2v) is 10.1. The fraction of sp³-hybridized carbons (Fsp3) is 0.290. The lowest BCUT2D eigenvalue weighted by Gasteiger charge is -2.20. The van der Waals surface area contributed by atoms with Crippen molar-refractivity contribution in [2.75, 3.05) is 13.2 Å². The Labute approximate surface area is 233 Å². The number of thioether (sulfide) groups is 1. The van der Waals surface area contributed by atoms with E-state index in [0.717, 1.165) is 28.4 Å². The van der Waals surface area contributed by atoms with Gasteiger partial charge in [-0.15, -0.1) is 11.8 Å². The van der Waals surface area contributed by atoms with Crippen molar-refractivity contribution in [2.45, 2.75) is 48.4 Å². The second-order valence-electron chi connectivity index (χ2n) is 8.87. The van der Waals surface area contributed by atoms with Gasteiger partial charge in [0.1, 0.15) is 11.5 Å². The van der Waals surface area contributed by atoms with Crippen molar-refractivity contribution in [1.29, 1.82) is 0 Å². The first-order valence-electron chi connectivity index (χ1n) is 12.9. The van der Waals surface area contributed by atoms with E-state index < -0.39 is 18.0 Å². The standard InChI is InChI=1S/C31H34O7S/c32-27(13-7-16-30(33)34)29(39-26-19-17-24(18-20-26)31(35)36)15-6-10-23-9-4-5-14-28(23)38-22-8-21-37-25-11-2-1-3-12-25/h1-6,9,11-12,14-15,17-20,27,29,32H,7-8,10,13,16,21-22H2,(H,33,34)(H,35,36)/b15-6-/t27-,29+/m0/s1. The van der Waals surface area contributed by atoms with Crippen LogP contribution >= 0.6 is 11.8 Å². The molecular weight excluding hydrogens is 516 g/mol. The fourth-order valence-corrected chi connectivity index (χ4v) is 4.89. The van der Waals surface area contributed by atoms with Crippen LogP contribution in [0.4, 0.5) is 0 Å². The summed E-state index contributed by atoms with van der Waals surface area (Å²) in [5.41, 5.74) is 1.20. The van der Waals surface area contributed by atoms with Crippen LogP contribution in [0, 0.1) is 0 Å². The Kier molecular flexibility index (Phi) is 12.4. The van der Waals surface area contributed by atoms with E-state index in [9.17, 15) is 14.7 Å². The lowest BCUT2D eigenvalue weighted by atomic mass is 10.1. The molecule has 206 valence electrons. The Morgan fingerprint density at radius 2 is 1.54 bits per heavy atom. The van der Waals surface area contributed by atoms with Crippen LogP contribution in [0.5, 0.6) is 11.5 Å². The number of hydrogen-bond donors (Lipinski definition) is 3. The number of aromatic carboxylic acids is 1. The molecule has 0 saturated carbocycles. The van der Waals surface area contributed by atoms with Gasteiger partial charge in [0.2, 0.25) is 0 Å². The molecule has 0 fully saturated rings. The molecule has 0 aliphatic rings. The van der Waals surface area contributed by atoms with Crippen molar-refractivity contribution in [3.8, 4) is 11.5 Å². The molecule has 3 aromatic rings. The van der Waals surface area contributed by atoms with Crippen LogP contribution in [-0.4, -0.2) is 51.8 Å². The van der Waals surface area contributed by atoms with Crippen LogP contribution in [0.3, 0.4) is 0 Å². The number of carboxylic acid groups (broad SMARTS) is 2. The number of para-hydroxylation sites is 2. The van der Waals surface area contributed by atoms with Gasteiger partial charge in [0.25, 0.3) is 0 Å². The first-order valence-corrected chi connectivity index (χ1v) is 13.8. The van der Waals surface area contributed by atoms with Gasteiger partial charge in [-0.2, -0.15) is 0 Å². The van der Waals surface area contributed by atoms with Gasteiger partial charge < -0.3 is 24.8 Å².